The van der Waals surface area contributed by atoms with Crippen LogP contribution in [-0.2, 0) is 4.79 Å². The van der Waals surface area contributed by atoms with E-state index >= 15 is 0 Å². The topological polar surface area (TPSA) is 54.9 Å². The Balaban J connectivity index is 2.11. The first-order chi connectivity index (χ1) is 9.56. The first-order valence-electron chi connectivity index (χ1n) is 6.72. The number of benzene rings is 1. The number of ketones is 1. The van der Waals surface area contributed by atoms with E-state index in [4.69, 9.17) is 0 Å². The first kappa shape index (κ1) is 14.2. The highest BCUT2D eigenvalue weighted by Gasteiger charge is 2.03. The summed E-state index contributed by atoms with van der Waals surface area (Å²) in [7, 11) is 0. The summed E-state index contributed by atoms with van der Waals surface area (Å²) < 4.78 is 0. The molecule has 0 saturated heterocycles. The molecule has 104 valence electrons. The van der Waals surface area contributed by atoms with Crippen molar-refractivity contribution in [2.24, 2.45) is 0 Å². The van der Waals surface area contributed by atoms with Crippen molar-refractivity contribution in [2.75, 3.05) is 11.9 Å². The van der Waals surface area contributed by atoms with E-state index in [9.17, 15) is 4.79 Å². The number of carbonyl (C=O) groups excluding carboxylic acids is 1. The van der Waals surface area contributed by atoms with Crippen molar-refractivity contribution < 1.29 is 4.79 Å². The largest absolute Gasteiger partial charge is 0.347 e. The number of Topliss-reactive ketones (excluding diaryl/α,β-unsaturated/α-hetero) is 1. The highest BCUT2D eigenvalue weighted by molar-refractivity contribution is 5.79. The van der Waals surface area contributed by atoms with Gasteiger partial charge in [0.1, 0.15) is 5.78 Å². The molecule has 0 aliphatic heterocycles. The van der Waals surface area contributed by atoms with Crippen LogP contribution in [0, 0.1) is 0 Å². The van der Waals surface area contributed by atoms with Crippen LogP contribution in [0.2, 0.25) is 0 Å². The highest BCUT2D eigenvalue weighted by Crippen LogP contribution is 2.21. The van der Waals surface area contributed by atoms with Crippen LogP contribution >= 0.6 is 0 Å². The van der Waals surface area contributed by atoms with Gasteiger partial charge in [-0.3, -0.25) is 4.79 Å². The Kier molecular flexibility index (Phi) is 4.45. The Labute approximate surface area is 119 Å². The number of rotatable bonds is 5. The minimum absolute atomic E-state index is 0.0574. The molecule has 0 atom stereocenters. The van der Waals surface area contributed by atoms with E-state index < -0.39 is 0 Å². The lowest BCUT2D eigenvalue weighted by atomic mass is 10.00. The minimum Gasteiger partial charge on any atom is -0.347 e. The molecule has 0 spiro atoms. The van der Waals surface area contributed by atoms with Gasteiger partial charge in [0, 0.05) is 18.0 Å². The molecule has 0 unspecified atom stereocenters. The number of nitrogens with zero attached hydrogens (tertiary/aromatic N) is 2. The fourth-order valence-corrected chi connectivity index (χ4v) is 1.83. The maximum Gasteiger partial charge on any atom is 0.222 e. The molecule has 4 heteroatoms. The number of aromatic nitrogens is 2. The van der Waals surface area contributed by atoms with E-state index in [1.807, 2.05) is 0 Å². The molecule has 0 bridgehead atoms. The molecule has 4 nitrogen and oxygen atoms in total. The van der Waals surface area contributed by atoms with Crippen LogP contribution in [0.1, 0.15) is 32.3 Å². The third-order valence-corrected chi connectivity index (χ3v) is 3.06. The average Bonchev–Trinajstić information content (AvgIpc) is 2.46. The molecule has 1 aromatic carbocycles. The zero-order chi connectivity index (χ0) is 14.5. The molecule has 1 N–H and O–H groups in total. The molecule has 0 amide bonds. The zero-order valence-corrected chi connectivity index (χ0v) is 12.1. The molecule has 0 fully saturated rings. The lowest BCUT2D eigenvalue weighted by Gasteiger charge is -2.07. The SMILES string of the molecule is CC(=O)CNc1ncc(-c2ccc(C(C)C)cc2)cn1. The molecular weight excluding hydrogens is 250 g/mol. The second-order valence-corrected chi connectivity index (χ2v) is 5.13. The number of hydrogen-bond donors (Lipinski definition) is 1. The summed E-state index contributed by atoms with van der Waals surface area (Å²) in [5.41, 5.74) is 3.37. The van der Waals surface area contributed by atoms with Gasteiger partial charge in [-0.1, -0.05) is 38.1 Å². The standard InChI is InChI=1S/C16H19N3O/c1-11(2)13-4-6-14(7-5-13)15-9-18-16(19-10-15)17-8-12(3)20/h4-7,9-11H,8H2,1-3H3,(H,17,18,19). The molecule has 0 saturated carbocycles. The molecule has 2 rings (SSSR count). The summed E-state index contributed by atoms with van der Waals surface area (Å²) in [5.74, 6) is 1.06. The van der Waals surface area contributed by atoms with E-state index in [-0.39, 0.29) is 12.3 Å². The third kappa shape index (κ3) is 3.63. The Morgan fingerprint density at radius 3 is 2.20 bits per heavy atom. The van der Waals surface area contributed by atoms with Crippen molar-refractivity contribution in [1.82, 2.24) is 9.97 Å². The van der Waals surface area contributed by atoms with Gasteiger partial charge in [-0.15, -0.1) is 0 Å². The van der Waals surface area contributed by atoms with Gasteiger partial charge >= 0.3 is 0 Å². The summed E-state index contributed by atoms with van der Waals surface area (Å²) >= 11 is 0. The van der Waals surface area contributed by atoms with E-state index in [0.29, 0.717) is 11.9 Å². The van der Waals surface area contributed by atoms with Crippen molar-refractivity contribution in [2.45, 2.75) is 26.7 Å². The molecule has 0 aliphatic rings. The lowest BCUT2D eigenvalue weighted by Crippen LogP contribution is -2.11. The Hall–Kier alpha value is -2.23. The fraction of sp³-hybridized carbons (Fsp3) is 0.312. The molecule has 20 heavy (non-hydrogen) atoms. The predicted octanol–water partition coefficient (Wildman–Crippen LogP) is 3.27. The van der Waals surface area contributed by atoms with Crippen molar-refractivity contribution in [3.8, 4) is 11.1 Å². The first-order valence-corrected chi connectivity index (χ1v) is 6.72. The maximum absolute atomic E-state index is 10.9. The van der Waals surface area contributed by atoms with Gasteiger partial charge in [-0.25, -0.2) is 9.97 Å². The smallest absolute Gasteiger partial charge is 0.222 e. The molecular formula is C16H19N3O. The number of nitrogens with one attached hydrogen (secondary N) is 1. The summed E-state index contributed by atoms with van der Waals surface area (Å²) in [6.45, 7) is 6.13. The number of hydrogen-bond acceptors (Lipinski definition) is 4. The van der Waals surface area contributed by atoms with Crippen molar-refractivity contribution in [3.63, 3.8) is 0 Å². The second-order valence-electron chi connectivity index (χ2n) is 5.13. The van der Waals surface area contributed by atoms with Gasteiger partial charge in [-0.2, -0.15) is 0 Å². The molecule has 0 radical (unpaired) electrons. The van der Waals surface area contributed by atoms with Gasteiger partial charge in [0.25, 0.3) is 0 Å². The van der Waals surface area contributed by atoms with Crippen LogP contribution < -0.4 is 5.32 Å². The number of carbonyl (C=O) groups is 1. The van der Waals surface area contributed by atoms with Crippen molar-refractivity contribution in [3.05, 3.63) is 42.2 Å². The summed E-state index contributed by atoms with van der Waals surface area (Å²) in [6, 6.07) is 8.41. The van der Waals surface area contributed by atoms with Crippen LogP contribution in [0.15, 0.2) is 36.7 Å². The van der Waals surface area contributed by atoms with Gasteiger partial charge in [0.05, 0.1) is 6.54 Å². The zero-order valence-electron chi connectivity index (χ0n) is 12.1. The molecule has 0 aliphatic carbocycles. The molecule has 1 heterocycles. The predicted molar refractivity (Wildman–Crippen MR) is 80.7 cm³/mol. The van der Waals surface area contributed by atoms with E-state index in [1.165, 1.54) is 12.5 Å². The lowest BCUT2D eigenvalue weighted by molar-refractivity contribution is -0.115. The Bertz CT molecular complexity index is 574. The van der Waals surface area contributed by atoms with E-state index in [2.05, 4.69) is 53.4 Å². The van der Waals surface area contributed by atoms with Crippen LogP contribution in [0.3, 0.4) is 0 Å². The Morgan fingerprint density at radius 2 is 1.70 bits per heavy atom. The normalized spacial score (nSPS) is 10.6. The van der Waals surface area contributed by atoms with Crippen molar-refractivity contribution in [1.29, 1.82) is 0 Å². The van der Waals surface area contributed by atoms with Crippen LogP contribution in [-0.4, -0.2) is 22.3 Å². The van der Waals surface area contributed by atoms with Gasteiger partial charge in [0.15, 0.2) is 0 Å². The maximum atomic E-state index is 10.9. The monoisotopic (exact) mass is 269 g/mol. The Morgan fingerprint density at radius 1 is 1.10 bits per heavy atom. The van der Waals surface area contributed by atoms with Crippen molar-refractivity contribution >= 4 is 11.7 Å². The highest BCUT2D eigenvalue weighted by atomic mass is 16.1. The summed E-state index contributed by atoms with van der Waals surface area (Å²) in [5, 5.41) is 2.88. The molecule has 2 aromatic rings. The van der Waals surface area contributed by atoms with E-state index in [1.54, 1.807) is 12.4 Å². The fourth-order valence-electron chi connectivity index (χ4n) is 1.83. The minimum atomic E-state index is 0.0574. The summed E-state index contributed by atoms with van der Waals surface area (Å²) in [6.07, 6.45) is 3.53. The van der Waals surface area contributed by atoms with Crippen LogP contribution in [0.5, 0.6) is 0 Å². The second kappa shape index (κ2) is 6.28. The third-order valence-electron chi connectivity index (χ3n) is 3.06. The van der Waals surface area contributed by atoms with Crippen LogP contribution in [0.4, 0.5) is 5.95 Å². The van der Waals surface area contributed by atoms with Gasteiger partial charge in [0.2, 0.25) is 5.95 Å². The van der Waals surface area contributed by atoms with Gasteiger partial charge < -0.3 is 5.32 Å². The molecule has 1 aromatic heterocycles. The number of anilines is 1. The quantitative estimate of drug-likeness (QED) is 0.905. The average molecular weight is 269 g/mol. The van der Waals surface area contributed by atoms with Gasteiger partial charge in [-0.05, 0) is 24.0 Å². The van der Waals surface area contributed by atoms with Crippen LogP contribution in [0.25, 0.3) is 11.1 Å². The van der Waals surface area contributed by atoms with E-state index in [0.717, 1.165) is 11.1 Å². The summed E-state index contributed by atoms with van der Waals surface area (Å²) in [4.78, 5) is 19.3.